The molecule has 0 saturated heterocycles. The summed E-state index contributed by atoms with van der Waals surface area (Å²) in [6.45, 7) is 0.229. The first-order chi connectivity index (χ1) is 14.5. The molecule has 1 aromatic carbocycles. The Labute approximate surface area is 183 Å². The number of nitrogens with zero attached hydrogens (tertiary/aromatic N) is 5. The number of alkyl halides is 1. The molecule has 156 valence electrons. The fraction of sp³-hybridized carbons (Fsp3) is 0.235. The zero-order valence-electron chi connectivity index (χ0n) is 15.5. The average molecular weight is 469 g/mol. The van der Waals surface area contributed by atoms with Crippen molar-refractivity contribution in [1.82, 2.24) is 20.2 Å². The first-order valence-corrected chi connectivity index (χ1v) is 10.8. The normalized spacial score (nSPS) is 11.5. The first-order valence-electron chi connectivity index (χ1n) is 8.31. The van der Waals surface area contributed by atoms with E-state index in [0.29, 0.717) is 11.3 Å². The number of rotatable bonds is 9. The summed E-state index contributed by atoms with van der Waals surface area (Å²) in [4.78, 5) is 8.10. The highest BCUT2D eigenvalue weighted by atomic mass is 35.5. The van der Waals surface area contributed by atoms with Gasteiger partial charge in [0.25, 0.3) is 5.89 Å². The Kier molecular flexibility index (Phi) is 7.40. The van der Waals surface area contributed by atoms with Crippen LogP contribution in [0.2, 0.25) is 5.02 Å². The molecule has 1 unspecified atom stereocenters. The van der Waals surface area contributed by atoms with Crippen LogP contribution in [0.1, 0.15) is 11.3 Å². The number of aromatic nitrogens is 4. The van der Waals surface area contributed by atoms with Crippen molar-refractivity contribution in [1.29, 1.82) is 5.26 Å². The van der Waals surface area contributed by atoms with E-state index in [4.69, 9.17) is 37.1 Å². The standard InChI is InChI=1S/C17H14Cl2N6O4S/c1-30(26)25-16-21-4-2-12(22-16)9-28-17-24-23-15(29-17)10-6-11(8-20)14(13(19)7-10)27-5-3-18/h2,4,6-7H,3,5,9H2,1H3,(H,21,22,25). The van der Waals surface area contributed by atoms with E-state index in [1.165, 1.54) is 24.6 Å². The van der Waals surface area contributed by atoms with E-state index in [1.54, 1.807) is 6.07 Å². The second-order valence-corrected chi connectivity index (χ2v) is 7.47. The molecule has 0 aliphatic heterocycles. The molecule has 1 atom stereocenters. The summed E-state index contributed by atoms with van der Waals surface area (Å²) in [5, 5.41) is 17.3. The smallest absolute Gasteiger partial charge is 0.415 e. The van der Waals surface area contributed by atoms with Crippen molar-refractivity contribution in [2.75, 3.05) is 23.5 Å². The Morgan fingerprint density at radius 3 is 2.90 bits per heavy atom. The van der Waals surface area contributed by atoms with Gasteiger partial charge in [0.05, 0.1) is 22.2 Å². The maximum atomic E-state index is 11.2. The molecule has 0 amide bonds. The van der Waals surface area contributed by atoms with Crippen LogP contribution in [-0.2, 0) is 17.6 Å². The molecule has 0 aliphatic rings. The zero-order valence-corrected chi connectivity index (χ0v) is 17.8. The lowest BCUT2D eigenvalue weighted by Crippen LogP contribution is -2.07. The minimum Gasteiger partial charge on any atom is -0.489 e. The van der Waals surface area contributed by atoms with Crippen LogP contribution >= 0.6 is 23.2 Å². The lowest BCUT2D eigenvalue weighted by Gasteiger charge is -2.09. The zero-order chi connectivity index (χ0) is 21.5. The molecule has 0 fully saturated rings. The lowest BCUT2D eigenvalue weighted by molar-refractivity contribution is 0.219. The van der Waals surface area contributed by atoms with Crippen LogP contribution in [0.15, 0.2) is 28.8 Å². The van der Waals surface area contributed by atoms with Crippen molar-refractivity contribution in [3.05, 3.63) is 40.7 Å². The average Bonchev–Trinajstić information content (AvgIpc) is 3.20. The highest BCUT2D eigenvalue weighted by Crippen LogP contribution is 2.34. The number of halogens is 2. The molecule has 0 bridgehead atoms. The molecule has 0 radical (unpaired) electrons. The van der Waals surface area contributed by atoms with E-state index in [1.807, 2.05) is 6.07 Å². The van der Waals surface area contributed by atoms with Gasteiger partial charge in [0, 0.05) is 18.0 Å². The number of nitrogens with one attached hydrogen (secondary N) is 1. The Bertz CT molecular complexity index is 1100. The third-order valence-electron chi connectivity index (χ3n) is 3.43. The van der Waals surface area contributed by atoms with E-state index < -0.39 is 11.0 Å². The Morgan fingerprint density at radius 2 is 2.17 bits per heavy atom. The molecule has 0 spiro atoms. The highest BCUT2D eigenvalue weighted by molar-refractivity contribution is 7.85. The van der Waals surface area contributed by atoms with Crippen LogP contribution in [-0.4, -0.2) is 43.1 Å². The summed E-state index contributed by atoms with van der Waals surface area (Å²) in [6.07, 6.45) is 2.86. The third-order valence-corrected chi connectivity index (χ3v) is 4.34. The van der Waals surface area contributed by atoms with Gasteiger partial charge >= 0.3 is 6.08 Å². The van der Waals surface area contributed by atoms with Crippen molar-refractivity contribution in [3.63, 3.8) is 0 Å². The first kappa shape index (κ1) is 21.8. The molecule has 3 rings (SSSR count). The summed E-state index contributed by atoms with van der Waals surface area (Å²) in [7, 11) is -1.30. The molecule has 0 aliphatic carbocycles. The number of nitriles is 1. The van der Waals surface area contributed by atoms with Crippen LogP contribution in [0.5, 0.6) is 11.8 Å². The molecular weight excluding hydrogens is 455 g/mol. The largest absolute Gasteiger partial charge is 0.489 e. The highest BCUT2D eigenvalue weighted by Gasteiger charge is 2.16. The maximum Gasteiger partial charge on any atom is 0.415 e. The van der Waals surface area contributed by atoms with Crippen LogP contribution in [0, 0.1) is 11.3 Å². The van der Waals surface area contributed by atoms with Crippen molar-refractivity contribution in [2.45, 2.75) is 6.61 Å². The second-order valence-electron chi connectivity index (χ2n) is 5.57. The molecule has 30 heavy (non-hydrogen) atoms. The van der Waals surface area contributed by atoms with Gasteiger partial charge in [-0.3, -0.25) is 4.72 Å². The van der Waals surface area contributed by atoms with Gasteiger partial charge in [-0.25, -0.2) is 14.2 Å². The summed E-state index contributed by atoms with van der Waals surface area (Å²) >= 11 is 11.8. The van der Waals surface area contributed by atoms with Crippen LogP contribution in [0.25, 0.3) is 11.5 Å². The third kappa shape index (κ3) is 5.56. The number of hydrogen-bond acceptors (Lipinski definition) is 9. The van der Waals surface area contributed by atoms with Gasteiger partial charge in [-0.15, -0.1) is 16.7 Å². The van der Waals surface area contributed by atoms with Gasteiger partial charge in [0.2, 0.25) is 5.95 Å². The topological polar surface area (TPSA) is 136 Å². The Hall–Kier alpha value is -2.94. The van der Waals surface area contributed by atoms with Gasteiger partial charge in [0.1, 0.15) is 30.3 Å². The van der Waals surface area contributed by atoms with Crippen LogP contribution < -0.4 is 14.2 Å². The second kappa shape index (κ2) is 10.2. The fourth-order valence-corrected chi connectivity index (χ4v) is 2.97. The molecule has 10 nitrogen and oxygen atoms in total. The maximum absolute atomic E-state index is 11.2. The van der Waals surface area contributed by atoms with Gasteiger partial charge in [0.15, 0.2) is 5.75 Å². The van der Waals surface area contributed by atoms with Crippen LogP contribution in [0.3, 0.4) is 0 Å². The molecule has 2 aromatic heterocycles. The molecule has 13 heteroatoms. The van der Waals surface area contributed by atoms with E-state index in [-0.39, 0.29) is 53.3 Å². The summed E-state index contributed by atoms with van der Waals surface area (Å²) in [5.41, 5.74) is 1.14. The minimum absolute atomic E-state index is 0.0184. The van der Waals surface area contributed by atoms with Gasteiger partial charge in [-0.2, -0.15) is 5.26 Å². The predicted molar refractivity (Wildman–Crippen MR) is 110 cm³/mol. The monoisotopic (exact) mass is 468 g/mol. The van der Waals surface area contributed by atoms with Crippen molar-refractivity contribution in [2.24, 2.45) is 0 Å². The summed E-state index contributed by atoms with van der Waals surface area (Å²) in [6, 6.07) is 6.69. The van der Waals surface area contributed by atoms with Gasteiger partial charge in [-0.1, -0.05) is 16.7 Å². The number of hydrogen-bond donors (Lipinski definition) is 1. The number of benzene rings is 1. The Morgan fingerprint density at radius 1 is 1.33 bits per heavy atom. The molecular formula is C17H14Cl2N6O4S. The number of anilines is 1. The van der Waals surface area contributed by atoms with Crippen LogP contribution in [0.4, 0.5) is 5.95 Å². The molecule has 3 aromatic rings. The van der Waals surface area contributed by atoms with Gasteiger partial charge < -0.3 is 13.9 Å². The van der Waals surface area contributed by atoms with E-state index in [9.17, 15) is 9.47 Å². The summed E-state index contributed by atoms with van der Waals surface area (Å²) < 4.78 is 30.1. The van der Waals surface area contributed by atoms with E-state index in [0.717, 1.165) is 0 Å². The molecule has 0 saturated carbocycles. The van der Waals surface area contributed by atoms with E-state index in [2.05, 4.69) is 24.9 Å². The summed E-state index contributed by atoms with van der Waals surface area (Å²) in [5.74, 6) is 0.811. The number of ether oxygens (including phenoxy) is 2. The van der Waals surface area contributed by atoms with Crippen molar-refractivity contribution < 1.29 is 18.1 Å². The Balaban J connectivity index is 1.73. The molecule has 2 heterocycles. The van der Waals surface area contributed by atoms with Gasteiger partial charge in [-0.05, 0) is 18.2 Å². The lowest BCUT2D eigenvalue weighted by atomic mass is 10.1. The predicted octanol–water partition coefficient (Wildman–Crippen LogP) is 2.95. The quantitative estimate of drug-likeness (QED) is 0.469. The van der Waals surface area contributed by atoms with Crippen molar-refractivity contribution >= 4 is 40.1 Å². The fourth-order valence-electron chi connectivity index (χ4n) is 2.26. The molecule has 1 N–H and O–H groups in total. The van der Waals surface area contributed by atoms with Crippen molar-refractivity contribution in [3.8, 4) is 29.3 Å². The SMILES string of the molecule is CS(=O)Nc1nccc(COc2nnc(-c3cc(Cl)c(OCCCl)c(C#N)c3)o2)n1. The van der Waals surface area contributed by atoms with E-state index >= 15 is 0 Å². The minimum atomic E-state index is -1.30.